The highest BCUT2D eigenvalue weighted by atomic mass is 32.2. The predicted octanol–water partition coefficient (Wildman–Crippen LogP) is 4.13. The van der Waals surface area contributed by atoms with Crippen LogP contribution < -0.4 is 0 Å². The van der Waals surface area contributed by atoms with Crippen LogP contribution in [0, 0.1) is 6.92 Å². The van der Waals surface area contributed by atoms with Crippen LogP contribution in [0.25, 0.3) is 0 Å². The fourth-order valence-electron chi connectivity index (χ4n) is 1.88. The lowest BCUT2D eigenvalue weighted by Gasteiger charge is -2.04. The van der Waals surface area contributed by atoms with E-state index in [9.17, 15) is 4.79 Å². The Kier molecular flexibility index (Phi) is 4.63. The van der Waals surface area contributed by atoms with E-state index in [4.69, 9.17) is 5.11 Å². The summed E-state index contributed by atoms with van der Waals surface area (Å²) in [7, 11) is 0. The van der Waals surface area contributed by atoms with Crippen molar-refractivity contribution in [2.45, 2.75) is 18.4 Å². The number of benzene rings is 2. The largest absolute Gasteiger partial charge is 0.478 e. The first-order valence-corrected chi connectivity index (χ1v) is 7.26. The molecule has 0 saturated heterocycles. The molecule has 0 fully saturated rings. The van der Waals surface area contributed by atoms with Crippen LogP contribution >= 0.6 is 11.8 Å². The van der Waals surface area contributed by atoms with Crippen LogP contribution in [-0.2, 0) is 11.5 Å². The fraction of sp³-hybridized carbons (Fsp3) is 0.188. The van der Waals surface area contributed by atoms with Crippen molar-refractivity contribution in [3.8, 4) is 0 Å². The van der Waals surface area contributed by atoms with E-state index in [1.165, 1.54) is 11.1 Å². The highest BCUT2D eigenvalue weighted by molar-refractivity contribution is 7.97. The molecule has 2 aromatic carbocycles. The van der Waals surface area contributed by atoms with Gasteiger partial charge in [0, 0.05) is 11.5 Å². The van der Waals surface area contributed by atoms with Gasteiger partial charge in [0.05, 0.1) is 5.56 Å². The molecule has 2 aromatic rings. The van der Waals surface area contributed by atoms with Crippen molar-refractivity contribution in [2.24, 2.45) is 0 Å². The number of carboxylic acids is 1. The van der Waals surface area contributed by atoms with Gasteiger partial charge >= 0.3 is 5.97 Å². The Bertz CT molecular complexity index is 578. The highest BCUT2D eigenvalue weighted by Gasteiger charge is 2.03. The summed E-state index contributed by atoms with van der Waals surface area (Å²) in [5.74, 6) is 0.902. The van der Waals surface area contributed by atoms with Crippen LogP contribution in [0.5, 0.6) is 0 Å². The van der Waals surface area contributed by atoms with Crippen LogP contribution in [0.3, 0.4) is 0 Å². The Labute approximate surface area is 117 Å². The minimum atomic E-state index is -0.870. The zero-order valence-corrected chi connectivity index (χ0v) is 11.6. The summed E-state index contributed by atoms with van der Waals surface area (Å²) < 4.78 is 0. The average Bonchev–Trinajstić information content (AvgIpc) is 2.39. The molecule has 0 heterocycles. The molecule has 0 bridgehead atoms. The summed E-state index contributed by atoms with van der Waals surface area (Å²) in [4.78, 5) is 10.9. The van der Waals surface area contributed by atoms with Crippen LogP contribution in [0.4, 0.5) is 0 Å². The molecule has 0 amide bonds. The van der Waals surface area contributed by atoms with Gasteiger partial charge in [-0.05, 0) is 30.2 Å². The van der Waals surface area contributed by atoms with Crippen molar-refractivity contribution in [3.63, 3.8) is 0 Å². The summed E-state index contributed by atoms with van der Waals surface area (Å²) in [5, 5.41) is 8.94. The van der Waals surface area contributed by atoms with Crippen LogP contribution in [0.2, 0.25) is 0 Å². The Balaban J connectivity index is 1.92. The minimum absolute atomic E-state index is 0.355. The number of thioether (sulfide) groups is 1. The van der Waals surface area contributed by atoms with Gasteiger partial charge in [0.1, 0.15) is 0 Å². The van der Waals surface area contributed by atoms with Crippen molar-refractivity contribution < 1.29 is 9.90 Å². The second-order valence-electron chi connectivity index (χ2n) is 4.49. The van der Waals surface area contributed by atoms with Gasteiger partial charge in [-0.2, -0.15) is 11.8 Å². The standard InChI is InChI=1S/C16H16O2S/c1-12-4-2-5-13(8-12)10-19-11-14-6-3-7-15(9-14)16(17)18/h2-9H,10-11H2,1H3,(H,17,18). The Morgan fingerprint density at radius 1 is 1.05 bits per heavy atom. The SMILES string of the molecule is Cc1cccc(CSCc2cccc(C(=O)O)c2)c1. The van der Waals surface area contributed by atoms with Crippen LogP contribution in [0.1, 0.15) is 27.0 Å². The van der Waals surface area contributed by atoms with Crippen molar-refractivity contribution in [1.82, 2.24) is 0 Å². The van der Waals surface area contributed by atoms with Gasteiger partial charge in [0.2, 0.25) is 0 Å². The molecule has 0 unspecified atom stereocenters. The molecule has 1 N–H and O–H groups in total. The molecule has 2 rings (SSSR count). The molecule has 19 heavy (non-hydrogen) atoms. The number of rotatable bonds is 5. The quantitative estimate of drug-likeness (QED) is 0.889. The minimum Gasteiger partial charge on any atom is -0.478 e. The Morgan fingerprint density at radius 3 is 2.32 bits per heavy atom. The Hall–Kier alpha value is -1.74. The Morgan fingerprint density at radius 2 is 1.68 bits per heavy atom. The normalized spacial score (nSPS) is 10.4. The monoisotopic (exact) mass is 272 g/mol. The fourth-order valence-corrected chi connectivity index (χ4v) is 2.82. The van der Waals surface area contributed by atoms with Gasteiger partial charge in [-0.15, -0.1) is 0 Å². The van der Waals surface area contributed by atoms with E-state index in [-0.39, 0.29) is 0 Å². The number of carbonyl (C=O) groups is 1. The molecule has 0 spiro atoms. The third-order valence-corrected chi connectivity index (χ3v) is 3.87. The van der Waals surface area contributed by atoms with Gasteiger partial charge in [-0.25, -0.2) is 4.79 Å². The first-order chi connectivity index (χ1) is 9.15. The molecule has 0 radical (unpaired) electrons. The highest BCUT2D eigenvalue weighted by Crippen LogP contribution is 2.19. The third kappa shape index (κ3) is 4.14. The summed E-state index contributed by atoms with van der Waals surface area (Å²) in [5.41, 5.74) is 3.98. The molecule has 2 nitrogen and oxygen atoms in total. The van der Waals surface area contributed by atoms with E-state index in [1.807, 2.05) is 6.07 Å². The second kappa shape index (κ2) is 6.43. The predicted molar refractivity (Wildman–Crippen MR) is 79.6 cm³/mol. The molecule has 0 aliphatic rings. The maximum Gasteiger partial charge on any atom is 0.335 e. The first-order valence-electron chi connectivity index (χ1n) is 6.10. The second-order valence-corrected chi connectivity index (χ2v) is 5.47. The molecule has 3 heteroatoms. The van der Waals surface area contributed by atoms with Crippen LogP contribution in [-0.4, -0.2) is 11.1 Å². The molecule has 0 atom stereocenters. The van der Waals surface area contributed by atoms with Crippen molar-refractivity contribution in [2.75, 3.05) is 0 Å². The number of carboxylic acid groups (broad SMARTS) is 1. The topological polar surface area (TPSA) is 37.3 Å². The zero-order valence-electron chi connectivity index (χ0n) is 10.8. The lowest BCUT2D eigenvalue weighted by atomic mass is 10.1. The summed E-state index contributed by atoms with van der Waals surface area (Å²) >= 11 is 1.80. The summed E-state index contributed by atoms with van der Waals surface area (Å²) in [6, 6.07) is 15.6. The van der Waals surface area contributed by atoms with E-state index in [0.717, 1.165) is 17.1 Å². The van der Waals surface area contributed by atoms with Gasteiger partial charge in [-0.3, -0.25) is 0 Å². The number of hydrogen-bond donors (Lipinski definition) is 1. The molecule has 0 saturated carbocycles. The molecular weight excluding hydrogens is 256 g/mol. The van der Waals surface area contributed by atoms with E-state index in [1.54, 1.807) is 30.0 Å². The smallest absolute Gasteiger partial charge is 0.335 e. The molecule has 0 aliphatic carbocycles. The first kappa shape index (κ1) is 13.7. The molecule has 98 valence electrons. The number of hydrogen-bond acceptors (Lipinski definition) is 2. The molecule has 0 aromatic heterocycles. The lowest BCUT2D eigenvalue weighted by Crippen LogP contribution is -1.96. The maximum absolute atomic E-state index is 10.9. The van der Waals surface area contributed by atoms with Gasteiger partial charge in [0.15, 0.2) is 0 Å². The molecular formula is C16H16O2S. The van der Waals surface area contributed by atoms with Gasteiger partial charge in [-0.1, -0.05) is 42.0 Å². The maximum atomic E-state index is 10.9. The van der Waals surface area contributed by atoms with E-state index >= 15 is 0 Å². The third-order valence-electron chi connectivity index (χ3n) is 2.79. The van der Waals surface area contributed by atoms with E-state index in [0.29, 0.717) is 5.56 Å². The van der Waals surface area contributed by atoms with Gasteiger partial charge in [0.25, 0.3) is 0 Å². The summed E-state index contributed by atoms with van der Waals surface area (Å²) in [6.07, 6.45) is 0. The average molecular weight is 272 g/mol. The van der Waals surface area contributed by atoms with Crippen molar-refractivity contribution in [1.29, 1.82) is 0 Å². The van der Waals surface area contributed by atoms with Gasteiger partial charge < -0.3 is 5.11 Å². The number of aryl methyl sites for hydroxylation is 1. The molecule has 0 aliphatic heterocycles. The van der Waals surface area contributed by atoms with E-state index in [2.05, 4.69) is 31.2 Å². The van der Waals surface area contributed by atoms with Crippen molar-refractivity contribution >= 4 is 17.7 Å². The zero-order chi connectivity index (χ0) is 13.7. The van der Waals surface area contributed by atoms with Crippen LogP contribution in [0.15, 0.2) is 48.5 Å². The summed E-state index contributed by atoms with van der Waals surface area (Å²) in [6.45, 7) is 2.09. The van der Waals surface area contributed by atoms with Crippen molar-refractivity contribution in [3.05, 3.63) is 70.8 Å². The lowest BCUT2D eigenvalue weighted by molar-refractivity contribution is 0.0697. The van der Waals surface area contributed by atoms with E-state index < -0.39 is 5.97 Å². The number of aromatic carboxylic acids is 1.